The van der Waals surface area contributed by atoms with Gasteiger partial charge in [0.2, 0.25) is 0 Å². The third-order valence-electron chi connectivity index (χ3n) is 9.61. The molecule has 0 aromatic heterocycles. The molecular formula is C21H34O2. The lowest BCUT2D eigenvalue weighted by molar-refractivity contribution is -0.0904. The predicted octanol–water partition coefficient (Wildman–Crippen LogP) is 4.00. The zero-order chi connectivity index (χ0) is 16.0. The second-order valence-corrected chi connectivity index (χ2v) is 10.3. The number of fused-ring (bicyclic) bond motifs is 7. The smallest absolute Gasteiger partial charge is 0.0683 e. The molecule has 5 fully saturated rings. The summed E-state index contributed by atoms with van der Waals surface area (Å²) in [4.78, 5) is 0. The molecule has 0 aliphatic heterocycles. The Labute approximate surface area is 141 Å². The van der Waals surface area contributed by atoms with Crippen LogP contribution < -0.4 is 0 Å². The fourth-order valence-corrected chi connectivity index (χ4v) is 8.52. The van der Waals surface area contributed by atoms with Crippen LogP contribution in [0.25, 0.3) is 0 Å². The summed E-state index contributed by atoms with van der Waals surface area (Å²) in [6, 6.07) is 0. The van der Waals surface area contributed by atoms with Gasteiger partial charge in [-0.05, 0) is 112 Å². The molecular weight excluding hydrogens is 284 g/mol. The second kappa shape index (κ2) is 4.75. The van der Waals surface area contributed by atoms with Gasteiger partial charge in [-0.1, -0.05) is 6.92 Å². The fraction of sp³-hybridized carbons (Fsp3) is 1.00. The standard InChI is InChI=1S/C21H34O2/c1-12(22)17-5-6-18-15-3-4-16-14(8-10-21(23)11-19(16)21)13(15)7-9-20(17,18)2/h12-19,22-23H,3-11H2,1-2H3/t12-,13-,14-,15-,16+,17-,18+,19?,20-,21+/m1/s1. The van der Waals surface area contributed by atoms with Gasteiger partial charge in [-0.25, -0.2) is 0 Å². The van der Waals surface area contributed by atoms with Gasteiger partial charge < -0.3 is 10.2 Å². The monoisotopic (exact) mass is 318 g/mol. The molecule has 0 heterocycles. The Morgan fingerprint density at radius 3 is 2.17 bits per heavy atom. The average molecular weight is 319 g/mol. The average Bonchev–Trinajstić information content (AvgIpc) is 3.08. The Morgan fingerprint density at radius 1 is 0.826 bits per heavy atom. The van der Waals surface area contributed by atoms with E-state index in [9.17, 15) is 10.2 Å². The van der Waals surface area contributed by atoms with Gasteiger partial charge in [-0.2, -0.15) is 0 Å². The maximum Gasteiger partial charge on any atom is 0.0683 e. The van der Waals surface area contributed by atoms with E-state index < -0.39 is 0 Å². The lowest BCUT2D eigenvalue weighted by Gasteiger charge is -2.56. The van der Waals surface area contributed by atoms with Gasteiger partial charge >= 0.3 is 0 Å². The first-order valence-electron chi connectivity index (χ1n) is 10.3. The van der Waals surface area contributed by atoms with Crippen LogP contribution in [0.5, 0.6) is 0 Å². The molecule has 5 aliphatic rings. The topological polar surface area (TPSA) is 40.5 Å². The normalized spacial score (nSPS) is 61.8. The SMILES string of the molecule is C[C@@H](O)[C@H]1CC[C@H]2[C@@H]3CC[C@@H]4C5C[C@@]5(O)CC[C@@H]4[C@H]3CC[C@]12C. The molecule has 5 saturated carbocycles. The minimum absolute atomic E-state index is 0.131. The van der Waals surface area contributed by atoms with Gasteiger partial charge in [-0.3, -0.25) is 0 Å². The number of rotatable bonds is 1. The van der Waals surface area contributed by atoms with Gasteiger partial charge in [0.1, 0.15) is 0 Å². The number of hydrogen-bond donors (Lipinski definition) is 2. The first-order valence-corrected chi connectivity index (χ1v) is 10.3. The molecule has 0 bridgehead atoms. The Hall–Kier alpha value is -0.0800. The van der Waals surface area contributed by atoms with E-state index in [1.807, 2.05) is 6.92 Å². The van der Waals surface area contributed by atoms with Crippen LogP contribution in [-0.4, -0.2) is 21.9 Å². The van der Waals surface area contributed by atoms with Crippen LogP contribution in [0.4, 0.5) is 0 Å². The first kappa shape index (κ1) is 15.2. The van der Waals surface area contributed by atoms with Crippen LogP contribution in [0.2, 0.25) is 0 Å². The van der Waals surface area contributed by atoms with E-state index in [1.165, 1.54) is 44.9 Å². The van der Waals surface area contributed by atoms with Gasteiger partial charge in [-0.15, -0.1) is 0 Å². The highest BCUT2D eigenvalue weighted by Gasteiger charge is 2.65. The van der Waals surface area contributed by atoms with E-state index >= 15 is 0 Å². The molecule has 130 valence electrons. The highest BCUT2D eigenvalue weighted by molar-refractivity contribution is 5.15. The van der Waals surface area contributed by atoms with Crippen LogP contribution in [-0.2, 0) is 0 Å². The van der Waals surface area contributed by atoms with Gasteiger partial charge in [0.05, 0.1) is 11.7 Å². The van der Waals surface area contributed by atoms with Crippen LogP contribution in [0.3, 0.4) is 0 Å². The van der Waals surface area contributed by atoms with Crippen LogP contribution in [0, 0.1) is 46.8 Å². The molecule has 0 aromatic carbocycles. The van der Waals surface area contributed by atoms with Gasteiger partial charge in [0.25, 0.3) is 0 Å². The van der Waals surface area contributed by atoms with Crippen molar-refractivity contribution < 1.29 is 10.2 Å². The van der Waals surface area contributed by atoms with Crippen LogP contribution in [0.1, 0.15) is 71.6 Å². The third kappa shape index (κ3) is 1.94. The third-order valence-corrected chi connectivity index (χ3v) is 9.61. The second-order valence-electron chi connectivity index (χ2n) is 10.3. The van der Waals surface area contributed by atoms with E-state index in [2.05, 4.69) is 6.92 Å². The summed E-state index contributed by atoms with van der Waals surface area (Å²) in [5.41, 5.74) is 0.166. The lowest BCUT2D eigenvalue weighted by Crippen LogP contribution is -2.50. The van der Waals surface area contributed by atoms with Crippen molar-refractivity contribution >= 4 is 0 Å². The summed E-state index contributed by atoms with van der Waals surface area (Å²) in [5.74, 6) is 5.66. The Balaban J connectivity index is 1.40. The molecule has 10 atom stereocenters. The molecule has 0 amide bonds. The molecule has 0 spiro atoms. The van der Waals surface area contributed by atoms with Crippen molar-refractivity contribution in [2.24, 2.45) is 46.8 Å². The Morgan fingerprint density at radius 2 is 1.48 bits per heavy atom. The maximum absolute atomic E-state index is 10.5. The van der Waals surface area contributed by atoms with E-state index in [-0.39, 0.29) is 11.7 Å². The molecule has 2 heteroatoms. The predicted molar refractivity (Wildman–Crippen MR) is 90.7 cm³/mol. The fourth-order valence-electron chi connectivity index (χ4n) is 8.52. The molecule has 0 aromatic rings. The van der Waals surface area contributed by atoms with Crippen molar-refractivity contribution in [2.45, 2.75) is 83.3 Å². The van der Waals surface area contributed by atoms with E-state index in [4.69, 9.17) is 0 Å². The maximum atomic E-state index is 10.5. The first-order chi connectivity index (χ1) is 10.9. The summed E-state index contributed by atoms with van der Waals surface area (Å²) in [5, 5.41) is 20.8. The molecule has 2 N–H and O–H groups in total. The number of aliphatic hydroxyl groups excluding tert-OH is 1. The molecule has 1 unspecified atom stereocenters. The summed E-state index contributed by atoms with van der Waals surface area (Å²) in [6.45, 7) is 4.53. The van der Waals surface area contributed by atoms with E-state index in [0.29, 0.717) is 17.3 Å². The van der Waals surface area contributed by atoms with Crippen LogP contribution >= 0.6 is 0 Å². The number of aliphatic hydroxyl groups is 2. The van der Waals surface area contributed by atoms with Crippen molar-refractivity contribution in [2.75, 3.05) is 0 Å². The molecule has 23 heavy (non-hydrogen) atoms. The summed E-state index contributed by atoms with van der Waals surface area (Å²) in [7, 11) is 0. The lowest BCUT2D eigenvalue weighted by atomic mass is 9.49. The zero-order valence-electron chi connectivity index (χ0n) is 14.9. The zero-order valence-corrected chi connectivity index (χ0v) is 14.9. The van der Waals surface area contributed by atoms with Crippen molar-refractivity contribution in [3.63, 3.8) is 0 Å². The summed E-state index contributed by atoms with van der Waals surface area (Å²) < 4.78 is 0. The van der Waals surface area contributed by atoms with Crippen molar-refractivity contribution in [1.29, 1.82) is 0 Å². The van der Waals surface area contributed by atoms with Crippen molar-refractivity contribution in [3.8, 4) is 0 Å². The highest BCUT2D eigenvalue weighted by Crippen LogP contribution is 2.68. The van der Waals surface area contributed by atoms with Gasteiger partial charge in [0, 0.05) is 0 Å². The minimum Gasteiger partial charge on any atom is -0.393 e. The molecule has 2 nitrogen and oxygen atoms in total. The Bertz CT molecular complexity index is 502. The van der Waals surface area contributed by atoms with E-state index in [1.54, 1.807) is 0 Å². The quantitative estimate of drug-likeness (QED) is 0.767. The minimum atomic E-state index is -0.234. The summed E-state index contributed by atoms with van der Waals surface area (Å²) in [6.07, 6.45) is 11.5. The Kier molecular flexibility index (Phi) is 3.14. The van der Waals surface area contributed by atoms with Crippen LogP contribution in [0.15, 0.2) is 0 Å². The largest absolute Gasteiger partial charge is 0.393 e. The van der Waals surface area contributed by atoms with Crippen molar-refractivity contribution in [1.82, 2.24) is 0 Å². The van der Waals surface area contributed by atoms with Gasteiger partial charge in [0.15, 0.2) is 0 Å². The summed E-state index contributed by atoms with van der Waals surface area (Å²) >= 11 is 0. The highest BCUT2D eigenvalue weighted by atomic mass is 16.3. The molecule has 0 radical (unpaired) electrons. The van der Waals surface area contributed by atoms with Crippen molar-refractivity contribution in [3.05, 3.63) is 0 Å². The molecule has 0 saturated heterocycles. The molecule has 5 aliphatic carbocycles. The molecule has 5 rings (SSSR count). The van der Waals surface area contributed by atoms with E-state index in [0.717, 1.165) is 42.4 Å². The number of hydrogen-bond acceptors (Lipinski definition) is 2.